The van der Waals surface area contributed by atoms with Crippen LogP contribution in [-0.2, 0) is 39.8 Å². The van der Waals surface area contributed by atoms with Gasteiger partial charge in [0.1, 0.15) is 19.3 Å². The fraction of sp³-hybridized carbons (Fsp3) is 0.375. The number of hydrogen-bond acceptors (Lipinski definition) is 4. The van der Waals surface area contributed by atoms with Gasteiger partial charge < -0.3 is 14.5 Å². The van der Waals surface area contributed by atoms with Crippen LogP contribution in [0.15, 0.2) is 42.5 Å². The standard InChI is InChI=1S/C24H20ClF6N3O4/c25-18-3-1-2-14(8-18)10-32-11-19-33(5-4-20(35)34(19)12-21(32)36)22(37)38-13-15-6-16(23(26,27)28)9-17(7-15)24(29,30)31/h1-3,6-9,19H,4-5,10-13H2. The molecule has 4 rings (SSSR count). The number of hydrogen-bond donors (Lipinski definition) is 0. The van der Waals surface area contributed by atoms with Crippen molar-refractivity contribution in [3.8, 4) is 0 Å². The Balaban J connectivity index is 1.50. The average molecular weight is 564 g/mol. The normalized spacial score (nSPS) is 18.5. The van der Waals surface area contributed by atoms with Crippen LogP contribution >= 0.6 is 11.6 Å². The number of alkyl halides is 6. The Bertz CT molecular complexity index is 1220. The van der Waals surface area contributed by atoms with Crippen LogP contribution in [0.1, 0.15) is 28.7 Å². The molecule has 3 amide bonds. The highest BCUT2D eigenvalue weighted by Crippen LogP contribution is 2.36. The van der Waals surface area contributed by atoms with E-state index in [9.17, 15) is 40.7 Å². The molecule has 2 fully saturated rings. The zero-order chi connectivity index (χ0) is 27.8. The molecule has 2 aromatic rings. The molecule has 0 N–H and O–H groups in total. The van der Waals surface area contributed by atoms with Gasteiger partial charge in [-0.05, 0) is 41.5 Å². The van der Waals surface area contributed by atoms with Gasteiger partial charge in [0.15, 0.2) is 0 Å². The van der Waals surface area contributed by atoms with Gasteiger partial charge in [0, 0.05) is 24.5 Å². The molecular formula is C24H20ClF6N3O4. The van der Waals surface area contributed by atoms with Crippen LogP contribution in [0, 0.1) is 0 Å². The van der Waals surface area contributed by atoms with Crippen molar-refractivity contribution in [1.29, 1.82) is 0 Å². The number of benzene rings is 2. The number of halogens is 7. The monoisotopic (exact) mass is 563 g/mol. The van der Waals surface area contributed by atoms with E-state index in [1.54, 1.807) is 24.3 Å². The zero-order valence-electron chi connectivity index (χ0n) is 19.5. The summed E-state index contributed by atoms with van der Waals surface area (Å²) in [6.45, 7) is -1.21. The van der Waals surface area contributed by atoms with Gasteiger partial charge in [-0.15, -0.1) is 0 Å². The zero-order valence-corrected chi connectivity index (χ0v) is 20.2. The first-order valence-electron chi connectivity index (χ1n) is 11.3. The summed E-state index contributed by atoms with van der Waals surface area (Å²) in [6.07, 6.45) is -12.2. The third-order valence-corrected chi connectivity index (χ3v) is 6.39. The maximum Gasteiger partial charge on any atom is 0.416 e. The van der Waals surface area contributed by atoms with E-state index >= 15 is 0 Å². The molecule has 2 saturated heterocycles. The molecule has 1 unspecified atom stereocenters. The molecule has 0 radical (unpaired) electrons. The number of piperazine rings is 1. The second kappa shape index (κ2) is 10.4. The number of ether oxygens (including phenoxy) is 1. The van der Waals surface area contributed by atoms with Gasteiger partial charge in [-0.2, -0.15) is 26.3 Å². The molecule has 0 bridgehead atoms. The highest BCUT2D eigenvalue weighted by Gasteiger charge is 2.44. The number of carbonyl (C=O) groups is 3. The lowest BCUT2D eigenvalue weighted by Gasteiger charge is -2.48. The Morgan fingerprint density at radius 1 is 0.947 bits per heavy atom. The predicted octanol–water partition coefficient (Wildman–Crippen LogP) is 4.92. The number of amides is 3. The third kappa shape index (κ3) is 6.14. The molecule has 7 nitrogen and oxygen atoms in total. The predicted molar refractivity (Wildman–Crippen MR) is 120 cm³/mol. The smallest absolute Gasteiger partial charge is 0.416 e. The summed E-state index contributed by atoms with van der Waals surface area (Å²) in [5, 5.41) is 0.454. The van der Waals surface area contributed by atoms with Gasteiger partial charge in [-0.1, -0.05) is 23.7 Å². The molecule has 0 saturated carbocycles. The molecule has 1 atom stereocenters. The molecule has 14 heteroatoms. The van der Waals surface area contributed by atoms with E-state index < -0.39 is 47.9 Å². The molecule has 2 aliphatic rings. The van der Waals surface area contributed by atoms with Gasteiger partial charge in [0.05, 0.1) is 17.7 Å². The van der Waals surface area contributed by atoms with Gasteiger partial charge in [0.2, 0.25) is 11.8 Å². The first-order chi connectivity index (χ1) is 17.7. The van der Waals surface area contributed by atoms with Crippen molar-refractivity contribution in [2.24, 2.45) is 0 Å². The Hall–Kier alpha value is -3.48. The van der Waals surface area contributed by atoms with Crippen LogP contribution in [0.25, 0.3) is 0 Å². The van der Waals surface area contributed by atoms with E-state index in [2.05, 4.69) is 0 Å². The fourth-order valence-electron chi connectivity index (χ4n) is 4.33. The van der Waals surface area contributed by atoms with E-state index in [1.165, 1.54) is 9.80 Å². The molecule has 204 valence electrons. The van der Waals surface area contributed by atoms with Crippen molar-refractivity contribution < 1.29 is 45.5 Å². The minimum Gasteiger partial charge on any atom is -0.444 e. The van der Waals surface area contributed by atoms with E-state index in [4.69, 9.17) is 16.3 Å². The van der Waals surface area contributed by atoms with Crippen molar-refractivity contribution in [3.63, 3.8) is 0 Å². The molecular weight excluding hydrogens is 544 g/mol. The maximum atomic E-state index is 13.1. The number of nitrogens with zero attached hydrogens (tertiary/aromatic N) is 3. The van der Waals surface area contributed by atoms with E-state index in [0.717, 1.165) is 4.90 Å². The molecule has 2 heterocycles. The van der Waals surface area contributed by atoms with E-state index in [-0.39, 0.29) is 50.5 Å². The van der Waals surface area contributed by atoms with Crippen LogP contribution in [0.5, 0.6) is 0 Å². The number of carbonyl (C=O) groups excluding carboxylic acids is 3. The van der Waals surface area contributed by atoms with Crippen molar-refractivity contribution in [1.82, 2.24) is 14.7 Å². The second-order valence-corrected chi connectivity index (χ2v) is 9.25. The summed E-state index contributed by atoms with van der Waals surface area (Å²) in [7, 11) is 0. The minimum absolute atomic E-state index is 0.0208. The average Bonchev–Trinajstić information content (AvgIpc) is 2.82. The first-order valence-corrected chi connectivity index (χ1v) is 11.6. The Labute approximate surface area is 217 Å². The second-order valence-electron chi connectivity index (χ2n) is 8.82. The van der Waals surface area contributed by atoms with Crippen LogP contribution in [0.3, 0.4) is 0 Å². The molecule has 38 heavy (non-hydrogen) atoms. The lowest BCUT2D eigenvalue weighted by molar-refractivity contribution is -0.160. The summed E-state index contributed by atoms with van der Waals surface area (Å²) >= 11 is 6.00. The Morgan fingerprint density at radius 2 is 1.61 bits per heavy atom. The largest absolute Gasteiger partial charge is 0.444 e. The quantitative estimate of drug-likeness (QED) is 0.496. The molecule has 0 aliphatic carbocycles. The van der Waals surface area contributed by atoms with E-state index in [1.807, 2.05) is 0 Å². The lowest BCUT2D eigenvalue weighted by atomic mass is 10.1. The van der Waals surface area contributed by atoms with Crippen LogP contribution < -0.4 is 0 Å². The molecule has 2 aliphatic heterocycles. The van der Waals surface area contributed by atoms with Crippen LogP contribution in [-0.4, -0.2) is 58.4 Å². The van der Waals surface area contributed by atoms with Crippen LogP contribution in [0.4, 0.5) is 31.1 Å². The summed E-state index contributed by atoms with van der Waals surface area (Å²) in [5.41, 5.74) is -2.86. The van der Waals surface area contributed by atoms with Gasteiger partial charge in [0.25, 0.3) is 0 Å². The molecule has 2 aromatic carbocycles. The van der Waals surface area contributed by atoms with Gasteiger partial charge >= 0.3 is 18.4 Å². The summed E-state index contributed by atoms with van der Waals surface area (Å²) in [5.74, 6) is -0.740. The van der Waals surface area contributed by atoms with Crippen molar-refractivity contribution >= 4 is 29.5 Å². The summed E-state index contributed by atoms with van der Waals surface area (Å²) < 4.78 is 83.9. The first kappa shape index (κ1) is 27.6. The third-order valence-electron chi connectivity index (χ3n) is 6.16. The van der Waals surface area contributed by atoms with Gasteiger partial charge in [-0.25, -0.2) is 4.79 Å². The molecule has 0 aromatic heterocycles. The summed E-state index contributed by atoms with van der Waals surface area (Å²) in [6, 6.07) is 7.68. The highest BCUT2D eigenvalue weighted by atomic mass is 35.5. The van der Waals surface area contributed by atoms with E-state index in [0.29, 0.717) is 22.7 Å². The minimum atomic E-state index is -5.05. The SMILES string of the molecule is O=C1CN2C(=O)CCN(C(=O)OCc3cc(C(F)(F)F)cc(C(F)(F)F)c3)C2CN1Cc1cccc(Cl)c1. The Morgan fingerprint density at radius 3 is 2.21 bits per heavy atom. The maximum absolute atomic E-state index is 13.1. The number of fused-ring (bicyclic) bond motifs is 1. The number of rotatable bonds is 4. The van der Waals surface area contributed by atoms with Crippen LogP contribution in [0.2, 0.25) is 5.02 Å². The van der Waals surface area contributed by atoms with Crippen molar-refractivity contribution in [2.45, 2.75) is 38.1 Å². The topological polar surface area (TPSA) is 70.2 Å². The highest BCUT2D eigenvalue weighted by molar-refractivity contribution is 6.30. The molecule has 0 spiro atoms. The lowest BCUT2D eigenvalue weighted by Crippen LogP contribution is -2.67. The Kier molecular flexibility index (Phi) is 7.51. The van der Waals surface area contributed by atoms with Crippen molar-refractivity contribution in [2.75, 3.05) is 19.6 Å². The van der Waals surface area contributed by atoms with Gasteiger partial charge in [-0.3, -0.25) is 14.5 Å². The summed E-state index contributed by atoms with van der Waals surface area (Å²) in [4.78, 5) is 41.8. The fourth-order valence-corrected chi connectivity index (χ4v) is 4.54. The van der Waals surface area contributed by atoms with Crippen molar-refractivity contribution in [3.05, 3.63) is 69.7 Å².